The molecule has 0 aliphatic carbocycles. The van der Waals surface area contributed by atoms with Crippen LogP contribution in [0.1, 0.15) is 6.42 Å². The number of aromatic nitrogens is 2. The second kappa shape index (κ2) is 5.26. The van der Waals surface area contributed by atoms with Crippen LogP contribution in [0.4, 0.5) is 16.6 Å². The first-order valence-corrected chi connectivity index (χ1v) is 5.92. The number of nitrogens with zero attached hydrogens (tertiary/aromatic N) is 3. The van der Waals surface area contributed by atoms with Crippen molar-refractivity contribution in [3.8, 4) is 0 Å². The molecule has 98 valence electrons. The van der Waals surface area contributed by atoms with Crippen molar-refractivity contribution in [3.05, 3.63) is 11.2 Å². The quantitative estimate of drug-likeness (QED) is 0.768. The van der Waals surface area contributed by atoms with E-state index in [1.165, 1.54) is 11.1 Å². The fourth-order valence-electron chi connectivity index (χ4n) is 1.85. The van der Waals surface area contributed by atoms with Crippen molar-refractivity contribution >= 4 is 29.5 Å². The predicted octanol–water partition coefficient (Wildman–Crippen LogP) is 1.34. The molecule has 2 heterocycles. The summed E-state index contributed by atoms with van der Waals surface area (Å²) in [7, 11) is 1.72. The molecule has 1 aromatic rings. The van der Waals surface area contributed by atoms with Crippen LogP contribution in [0.15, 0.2) is 6.20 Å². The topological polar surface area (TPSA) is 90.4 Å². The minimum Gasteiger partial charge on any atom is -0.465 e. The van der Waals surface area contributed by atoms with Crippen molar-refractivity contribution < 1.29 is 9.90 Å². The van der Waals surface area contributed by atoms with Crippen molar-refractivity contribution in [1.29, 1.82) is 0 Å². The van der Waals surface area contributed by atoms with E-state index in [-0.39, 0.29) is 6.04 Å². The lowest BCUT2D eigenvalue weighted by Gasteiger charge is -2.14. The van der Waals surface area contributed by atoms with Gasteiger partial charge in [-0.25, -0.2) is 9.78 Å². The molecule has 0 radical (unpaired) electrons. The first-order chi connectivity index (χ1) is 8.60. The Kier molecular flexibility index (Phi) is 3.71. The number of halogens is 1. The summed E-state index contributed by atoms with van der Waals surface area (Å²) in [6, 6.07) is 0.0342. The summed E-state index contributed by atoms with van der Waals surface area (Å²) in [5.41, 5.74) is 0. The predicted molar refractivity (Wildman–Crippen MR) is 68.2 cm³/mol. The zero-order valence-electron chi connectivity index (χ0n) is 9.85. The number of rotatable bonds is 3. The third-order valence-corrected chi connectivity index (χ3v) is 3.05. The molecule has 1 aromatic heterocycles. The lowest BCUT2D eigenvalue weighted by atomic mass is 10.3. The average molecular weight is 272 g/mol. The molecular weight excluding hydrogens is 258 g/mol. The first-order valence-electron chi connectivity index (χ1n) is 5.55. The molecule has 3 N–H and O–H groups in total. The van der Waals surface area contributed by atoms with E-state index in [1.54, 1.807) is 7.05 Å². The second-order valence-electron chi connectivity index (χ2n) is 4.00. The molecule has 8 heteroatoms. The molecule has 1 aliphatic rings. The van der Waals surface area contributed by atoms with Crippen LogP contribution in [0.25, 0.3) is 0 Å². The Labute approximate surface area is 109 Å². The van der Waals surface area contributed by atoms with Crippen molar-refractivity contribution in [2.24, 2.45) is 0 Å². The normalized spacial score (nSPS) is 18.8. The third kappa shape index (κ3) is 2.73. The fraction of sp³-hybridized carbons (Fsp3) is 0.500. The van der Waals surface area contributed by atoms with Crippen molar-refractivity contribution in [2.45, 2.75) is 12.5 Å². The molecule has 0 bridgehead atoms. The van der Waals surface area contributed by atoms with Gasteiger partial charge in [0.15, 0.2) is 0 Å². The van der Waals surface area contributed by atoms with Crippen molar-refractivity contribution in [1.82, 2.24) is 14.9 Å². The van der Waals surface area contributed by atoms with Crippen LogP contribution >= 0.6 is 11.6 Å². The zero-order valence-corrected chi connectivity index (χ0v) is 10.6. The molecule has 18 heavy (non-hydrogen) atoms. The summed E-state index contributed by atoms with van der Waals surface area (Å²) in [5, 5.41) is 15.3. The third-order valence-electron chi connectivity index (χ3n) is 2.77. The molecule has 1 aliphatic heterocycles. The van der Waals surface area contributed by atoms with Gasteiger partial charge < -0.3 is 20.6 Å². The van der Waals surface area contributed by atoms with Crippen LogP contribution in [-0.4, -0.2) is 52.2 Å². The molecule has 0 aromatic carbocycles. The van der Waals surface area contributed by atoms with Gasteiger partial charge >= 0.3 is 6.09 Å². The van der Waals surface area contributed by atoms with E-state index in [2.05, 4.69) is 20.6 Å². The highest BCUT2D eigenvalue weighted by Gasteiger charge is 2.26. The Morgan fingerprint density at radius 2 is 2.44 bits per heavy atom. The number of hydrogen-bond donors (Lipinski definition) is 3. The van der Waals surface area contributed by atoms with Crippen molar-refractivity contribution in [3.63, 3.8) is 0 Å². The first kappa shape index (κ1) is 12.7. The number of likely N-dealkylation sites (tertiary alicyclic amines) is 1. The number of amides is 1. The van der Waals surface area contributed by atoms with Crippen molar-refractivity contribution in [2.75, 3.05) is 30.8 Å². The van der Waals surface area contributed by atoms with E-state index in [1.807, 2.05) is 0 Å². The molecule has 1 unspecified atom stereocenters. The number of hydrogen-bond acceptors (Lipinski definition) is 5. The molecule has 0 saturated carbocycles. The van der Waals surface area contributed by atoms with Gasteiger partial charge in [-0.15, -0.1) is 0 Å². The van der Waals surface area contributed by atoms with Gasteiger partial charge in [0, 0.05) is 26.2 Å². The Morgan fingerprint density at radius 3 is 3.06 bits per heavy atom. The Morgan fingerprint density at radius 1 is 1.67 bits per heavy atom. The molecular formula is C10H14ClN5O2. The monoisotopic (exact) mass is 271 g/mol. The number of anilines is 2. The van der Waals surface area contributed by atoms with E-state index in [4.69, 9.17) is 16.7 Å². The van der Waals surface area contributed by atoms with E-state index >= 15 is 0 Å². The van der Waals surface area contributed by atoms with Gasteiger partial charge in [0.25, 0.3) is 0 Å². The largest absolute Gasteiger partial charge is 0.465 e. The molecule has 2 rings (SSSR count). The molecule has 1 saturated heterocycles. The van der Waals surface area contributed by atoms with Crippen LogP contribution in [0.3, 0.4) is 0 Å². The summed E-state index contributed by atoms with van der Waals surface area (Å²) in [4.78, 5) is 20.4. The van der Waals surface area contributed by atoms with Crippen LogP contribution in [0, 0.1) is 0 Å². The van der Waals surface area contributed by atoms with E-state index in [0.717, 1.165) is 6.42 Å². The van der Waals surface area contributed by atoms with Gasteiger partial charge in [0.1, 0.15) is 10.8 Å². The summed E-state index contributed by atoms with van der Waals surface area (Å²) >= 11 is 5.88. The van der Waals surface area contributed by atoms with E-state index in [9.17, 15) is 4.79 Å². The average Bonchev–Trinajstić information content (AvgIpc) is 2.80. The maximum atomic E-state index is 10.8. The maximum Gasteiger partial charge on any atom is 0.407 e. The summed E-state index contributed by atoms with van der Waals surface area (Å²) in [5.74, 6) is 0.989. The van der Waals surface area contributed by atoms with E-state index < -0.39 is 6.09 Å². The lowest BCUT2D eigenvalue weighted by Crippen LogP contribution is -2.30. The number of carboxylic acid groups (broad SMARTS) is 1. The molecule has 1 amide bonds. The van der Waals surface area contributed by atoms with Gasteiger partial charge in [-0.1, -0.05) is 11.6 Å². The van der Waals surface area contributed by atoms with Gasteiger partial charge in [-0.3, -0.25) is 0 Å². The highest BCUT2D eigenvalue weighted by molar-refractivity contribution is 6.32. The Bertz CT molecular complexity index is 456. The lowest BCUT2D eigenvalue weighted by molar-refractivity contribution is 0.155. The van der Waals surface area contributed by atoms with Crippen LogP contribution in [0.2, 0.25) is 5.02 Å². The van der Waals surface area contributed by atoms with Gasteiger partial charge in [-0.2, -0.15) is 4.98 Å². The Balaban J connectivity index is 2.00. The smallest absolute Gasteiger partial charge is 0.407 e. The highest BCUT2D eigenvalue weighted by Crippen LogP contribution is 2.20. The van der Waals surface area contributed by atoms with E-state index in [0.29, 0.717) is 29.9 Å². The minimum atomic E-state index is -0.896. The second-order valence-corrected chi connectivity index (χ2v) is 4.41. The standard InChI is InChI=1S/C10H14ClN5O2/c1-12-8-7(11)4-13-9(15-8)14-6-2-3-16(5-6)10(17)18/h4,6H,2-3,5H2,1H3,(H,17,18)(H2,12,13,14,15). The molecule has 7 nitrogen and oxygen atoms in total. The Hall–Kier alpha value is -1.76. The summed E-state index contributed by atoms with van der Waals surface area (Å²) < 4.78 is 0. The summed E-state index contributed by atoms with van der Waals surface area (Å²) in [6.45, 7) is 0.968. The van der Waals surface area contributed by atoms with Crippen LogP contribution in [-0.2, 0) is 0 Å². The van der Waals surface area contributed by atoms with Gasteiger partial charge in [-0.05, 0) is 6.42 Å². The zero-order chi connectivity index (χ0) is 13.1. The SMILES string of the molecule is CNc1nc(NC2CCN(C(=O)O)C2)ncc1Cl. The fourth-order valence-corrected chi connectivity index (χ4v) is 2.03. The number of carbonyl (C=O) groups is 1. The highest BCUT2D eigenvalue weighted by atomic mass is 35.5. The molecule has 1 atom stereocenters. The molecule has 0 spiro atoms. The van der Waals surface area contributed by atoms with Crippen LogP contribution < -0.4 is 10.6 Å². The minimum absolute atomic E-state index is 0.0342. The summed E-state index contributed by atoms with van der Waals surface area (Å²) in [6.07, 6.45) is 1.35. The number of nitrogens with one attached hydrogen (secondary N) is 2. The van der Waals surface area contributed by atoms with Crippen LogP contribution in [0.5, 0.6) is 0 Å². The maximum absolute atomic E-state index is 10.8. The van der Waals surface area contributed by atoms with Gasteiger partial charge in [0.05, 0.1) is 6.20 Å². The van der Waals surface area contributed by atoms with Gasteiger partial charge in [0.2, 0.25) is 5.95 Å². The molecule has 1 fully saturated rings.